The number of nitrogens with zero attached hydrogens (tertiary/aromatic N) is 5. The van der Waals surface area contributed by atoms with Crippen molar-refractivity contribution in [3.05, 3.63) is 30.2 Å². The van der Waals surface area contributed by atoms with Gasteiger partial charge in [0.15, 0.2) is 11.2 Å². The molecular formula is C18H17F3N6O3. The van der Waals surface area contributed by atoms with Crippen LogP contribution >= 0.6 is 0 Å². The first-order valence-corrected chi connectivity index (χ1v) is 9.14. The van der Waals surface area contributed by atoms with Gasteiger partial charge in [0.1, 0.15) is 17.5 Å². The lowest BCUT2D eigenvalue weighted by atomic mass is 9.77. The third-order valence-electron chi connectivity index (χ3n) is 4.97. The molecule has 0 spiro atoms. The number of nitrogen functional groups attached to an aromatic ring is 1. The molecule has 2 N–H and O–H groups in total. The minimum Gasteiger partial charge on any atom is -0.464 e. The summed E-state index contributed by atoms with van der Waals surface area (Å²) >= 11 is 0. The van der Waals surface area contributed by atoms with E-state index in [0.717, 1.165) is 24.8 Å². The second-order valence-electron chi connectivity index (χ2n) is 6.76. The maximum Gasteiger partial charge on any atom is 0.416 e. The Morgan fingerprint density at radius 1 is 1.30 bits per heavy atom. The Labute approximate surface area is 168 Å². The van der Waals surface area contributed by atoms with Gasteiger partial charge in [-0.05, 0) is 32.3 Å². The van der Waals surface area contributed by atoms with E-state index in [9.17, 15) is 18.0 Å². The molecule has 3 heterocycles. The van der Waals surface area contributed by atoms with Gasteiger partial charge in [-0.1, -0.05) is 0 Å². The molecule has 30 heavy (non-hydrogen) atoms. The van der Waals surface area contributed by atoms with Crippen LogP contribution in [0, 0.1) is 0 Å². The van der Waals surface area contributed by atoms with Gasteiger partial charge in [0.2, 0.25) is 5.88 Å². The van der Waals surface area contributed by atoms with Crippen molar-refractivity contribution in [1.82, 2.24) is 24.7 Å². The number of nitrogens with two attached hydrogens (primary N) is 1. The molecule has 1 aliphatic rings. The summed E-state index contributed by atoms with van der Waals surface area (Å²) in [5.41, 5.74) is 4.17. The third kappa shape index (κ3) is 3.17. The van der Waals surface area contributed by atoms with Crippen molar-refractivity contribution in [3.63, 3.8) is 0 Å². The summed E-state index contributed by atoms with van der Waals surface area (Å²) in [5, 5.41) is 4.50. The number of pyridine rings is 1. The molecule has 0 unspecified atom stereocenters. The van der Waals surface area contributed by atoms with Crippen molar-refractivity contribution in [3.8, 4) is 11.8 Å². The number of carbonyl (C=O) groups excluding carboxylic acids is 1. The van der Waals surface area contributed by atoms with Gasteiger partial charge in [0.05, 0.1) is 12.2 Å². The first kappa shape index (κ1) is 19.9. The SMILES string of the molecule is CCOC(=O)C1(n2nc(Oc3cc(C(F)(F)F)ccn3)c3c(N)ncnc32)CCC1. The van der Waals surface area contributed by atoms with Crippen molar-refractivity contribution >= 4 is 22.8 Å². The topological polar surface area (TPSA) is 118 Å². The summed E-state index contributed by atoms with van der Waals surface area (Å²) in [7, 11) is 0. The highest BCUT2D eigenvalue weighted by atomic mass is 19.4. The fraction of sp³-hybridized carbons (Fsp3) is 0.389. The van der Waals surface area contributed by atoms with E-state index in [2.05, 4.69) is 20.1 Å². The van der Waals surface area contributed by atoms with Crippen LogP contribution in [0.4, 0.5) is 19.0 Å². The van der Waals surface area contributed by atoms with E-state index < -0.39 is 23.2 Å². The van der Waals surface area contributed by atoms with Gasteiger partial charge in [-0.15, -0.1) is 5.10 Å². The molecule has 0 bridgehead atoms. The molecule has 1 aliphatic carbocycles. The van der Waals surface area contributed by atoms with Crippen LogP contribution in [0.1, 0.15) is 31.7 Å². The van der Waals surface area contributed by atoms with Gasteiger partial charge in [0.25, 0.3) is 5.88 Å². The minimum absolute atomic E-state index is 0.00607. The Bertz CT molecular complexity index is 1110. The molecule has 0 saturated heterocycles. The number of ether oxygens (including phenoxy) is 2. The lowest BCUT2D eigenvalue weighted by Gasteiger charge is -2.39. The molecule has 0 atom stereocenters. The number of carbonyl (C=O) groups is 1. The van der Waals surface area contributed by atoms with Crippen LogP contribution in [-0.2, 0) is 21.2 Å². The van der Waals surface area contributed by atoms with E-state index in [-0.39, 0.29) is 35.2 Å². The van der Waals surface area contributed by atoms with Crippen LogP contribution in [0.25, 0.3) is 11.0 Å². The summed E-state index contributed by atoms with van der Waals surface area (Å²) in [5.74, 6) is -0.947. The quantitative estimate of drug-likeness (QED) is 0.624. The molecule has 3 aromatic heterocycles. The second kappa shape index (κ2) is 7.11. The number of aromatic nitrogens is 5. The van der Waals surface area contributed by atoms with Gasteiger partial charge in [-0.2, -0.15) is 13.2 Å². The number of hydrogen-bond donors (Lipinski definition) is 1. The zero-order chi connectivity index (χ0) is 21.5. The molecular weight excluding hydrogens is 405 g/mol. The van der Waals surface area contributed by atoms with E-state index in [1.165, 1.54) is 11.0 Å². The predicted molar refractivity (Wildman–Crippen MR) is 97.5 cm³/mol. The highest BCUT2D eigenvalue weighted by Gasteiger charge is 2.50. The van der Waals surface area contributed by atoms with E-state index in [4.69, 9.17) is 15.2 Å². The lowest BCUT2D eigenvalue weighted by Crippen LogP contribution is -2.49. The molecule has 0 aliphatic heterocycles. The fourth-order valence-electron chi connectivity index (χ4n) is 3.33. The lowest BCUT2D eigenvalue weighted by molar-refractivity contribution is -0.159. The van der Waals surface area contributed by atoms with Gasteiger partial charge in [0, 0.05) is 12.3 Å². The minimum atomic E-state index is -4.56. The zero-order valence-corrected chi connectivity index (χ0v) is 15.8. The number of fused-ring (bicyclic) bond motifs is 1. The Morgan fingerprint density at radius 2 is 2.07 bits per heavy atom. The van der Waals surface area contributed by atoms with Crippen LogP contribution in [0.15, 0.2) is 24.7 Å². The third-order valence-corrected chi connectivity index (χ3v) is 4.97. The smallest absolute Gasteiger partial charge is 0.416 e. The number of anilines is 1. The number of esters is 1. The van der Waals surface area contributed by atoms with E-state index >= 15 is 0 Å². The first-order valence-electron chi connectivity index (χ1n) is 9.14. The molecule has 3 aromatic rings. The summed E-state index contributed by atoms with van der Waals surface area (Å²) in [6.07, 6.45) is -0.679. The molecule has 4 rings (SSSR count). The van der Waals surface area contributed by atoms with Crippen molar-refractivity contribution in [2.45, 2.75) is 37.9 Å². The van der Waals surface area contributed by atoms with Crippen molar-refractivity contribution in [1.29, 1.82) is 0 Å². The van der Waals surface area contributed by atoms with E-state index in [1.54, 1.807) is 6.92 Å². The second-order valence-corrected chi connectivity index (χ2v) is 6.76. The van der Waals surface area contributed by atoms with Gasteiger partial charge < -0.3 is 15.2 Å². The maximum absolute atomic E-state index is 13.0. The molecule has 0 radical (unpaired) electrons. The van der Waals surface area contributed by atoms with Crippen molar-refractivity contribution in [2.75, 3.05) is 12.3 Å². The molecule has 1 fully saturated rings. The summed E-state index contributed by atoms with van der Waals surface area (Å²) in [6.45, 7) is 1.88. The highest BCUT2D eigenvalue weighted by Crippen LogP contribution is 2.44. The molecule has 12 heteroatoms. The molecule has 9 nitrogen and oxygen atoms in total. The average molecular weight is 422 g/mol. The summed E-state index contributed by atoms with van der Waals surface area (Å²) in [4.78, 5) is 24.5. The standard InChI is InChI=1S/C18H17F3N6O3/c1-2-29-16(28)17(5-3-6-17)27-14-12(13(22)24-9-25-14)15(26-27)30-11-8-10(4-7-23-11)18(19,20)21/h4,7-9H,2-3,5-6H2,1H3,(H2,22,24,25). The fourth-order valence-corrected chi connectivity index (χ4v) is 3.33. The number of halogens is 3. The van der Waals surface area contributed by atoms with Crippen LogP contribution in [0.2, 0.25) is 0 Å². The van der Waals surface area contributed by atoms with Gasteiger partial charge in [-0.25, -0.2) is 24.4 Å². The summed E-state index contributed by atoms with van der Waals surface area (Å²) in [6, 6.07) is 1.57. The Kier molecular flexibility index (Phi) is 4.71. The average Bonchev–Trinajstić information content (AvgIpc) is 3.01. The Morgan fingerprint density at radius 3 is 2.70 bits per heavy atom. The maximum atomic E-state index is 13.0. The highest BCUT2D eigenvalue weighted by molar-refractivity contribution is 5.92. The number of hydrogen-bond acceptors (Lipinski definition) is 8. The normalized spacial score (nSPS) is 15.6. The van der Waals surface area contributed by atoms with Crippen LogP contribution < -0.4 is 10.5 Å². The predicted octanol–water partition coefficient (Wildman–Crippen LogP) is 3.06. The van der Waals surface area contributed by atoms with Crippen LogP contribution in [-0.4, -0.2) is 37.3 Å². The number of rotatable bonds is 5. The monoisotopic (exact) mass is 422 g/mol. The van der Waals surface area contributed by atoms with Gasteiger partial charge in [-0.3, -0.25) is 0 Å². The Hall–Kier alpha value is -3.44. The van der Waals surface area contributed by atoms with Crippen molar-refractivity contribution < 1.29 is 27.4 Å². The van der Waals surface area contributed by atoms with E-state index in [0.29, 0.717) is 12.8 Å². The zero-order valence-electron chi connectivity index (χ0n) is 15.8. The molecule has 158 valence electrons. The molecule has 0 amide bonds. The Balaban J connectivity index is 1.82. The van der Waals surface area contributed by atoms with Crippen LogP contribution in [0.5, 0.6) is 11.8 Å². The largest absolute Gasteiger partial charge is 0.464 e. The van der Waals surface area contributed by atoms with Crippen molar-refractivity contribution in [2.24, 2.45) is 0 Å². The van der Waals surface area contributed by atoms with Crippen LogP contribution in [0.3, 0.4) is 0 Å². The molecule has 0 aromatic carbocycles. The number of alkyl halides is 3. The summed E-state index contributed by atoms with van der Waals surface area (Å²) < 4.78 is 51.1. The van der Waals surface area contributed by atoms with Gasteiger partial charge >= 0.3 is 12.1 Å². The molecule has 1 saturated carbocycles. The first-order chi connectivity index (χ1) is 14.3. The van der Waals surface area contributed by atoms with E-state index in [1.807, 2.05) is 0 Å².